The molecule has 5 heteroatoms. The molecule has 0 unspecified atom stereocenters. The van der Waals surface area contributed by atoms with Crippen LogP contribution in [-0.4, -0.2) is 47.7 Å². The molecular weight excluding hydrogens is 356 g/mol. The van der Waals surface area contributed by atoms with Gasteiger partial charge in [-0.1, -0.05) is 70.4 Å². The Morgan fingerprint density at radius 3 is 2.11 bits per heavy atom. The van der Waals surface area contributed by atoms with Crippen LogP contribution >= 0.6 is 0 Å². The maximum atomic E-state index is 11.8. The number of unbranched alkanes of at least 4 members (excludes halogenated alkanes) is 11. The molecule has 0 amide bonds. The molecule has 1 aliphatic heterocycles. The fraction of sp³-hybridized carbons (Fsp3) is 0.870. The van der Waals surface area contributed by atoms with Gasteiger partial charge in [-0.05, 0) is 32.1 Å². The second-order valence-corrected chi connectivity index (χ2v) is 7.91. The molecule has 1 heterocycles. The van der Waals surface area contributed by atoms with E-state index in [1.807, 2.05) is 0 Å². The van der Waals surface area contributed by atoms with Crippen molar-refractivity contribution in [3.8, 4) is 0 Å². The molecule has 0 bridgehead atoms. The molecule has 0 saturated carbocycles. The van der Waals surface area contributed by atoms with Crippen LogP contribution in [0.1, 0.15) is 96.8 Å². The van der Waals surface area contributed by atoms with Gasteiger partial charge in [0.2, 0.25) is 0 Å². The average Bonchev–Trinajstić information content (AvgIpc) is 3.04. The molecule has 164 valence electrons. The summed E-state index contributed by atoms with van der Waals surface area (Å²) >= 11 is 0. The first-order valence-electron chi connectivity index (χ1n) is 11.4. The second kappa shape index (κ2) is 17.0. The van der Waals surface area contributed by atoms with Crippen molar-refractivity contribution in [1.29, 1.82) is 0 Å². The Kier molecular flexibility index (Phi) is 15.2. The van der Waals surface area contributed by atoms with E-state index in [0.717, 1.165) is 25.7 Å². The summed E-state index contributed by atoms with van der Waals surface area (Å²) in [5, 5.41) is 18.8. The first kappa shape index (κ1) is 25.1. The number of rotatable bonds is 17. The summed E-state index contributed by atoms with van der Waals surface area (Å²) in [7, 11) is 0. The molecule has 0 radical (unpaired) electrons. The summed E-state index contributed by atoms with van der Waals surface area (Å²) in [5.74, 6) is -0.288. The lowest BCUT2D eigenvalue weighted by Crippen LogP contribution is -2.35. The monoisotopic (exact) mass is 398 g/mol. The normalized spacial score (nSPS) is 22.2. The van der Waals surface area contributed by atoms with Gasteiger partial charge in [-0.3, -0.25) is 4.79 Å². The zero-order valence-corrected chi connectivity index (χ0v) is 17.8. The number of aliphatic hydroxyl groups is 2. The molecule has 0 aromatic heterocycles. The van der Waals surface area contributed by atoms with Gasteiger partial charge in [0, 0.05) is 6.42 Å². The van der Waals surface area contributed by atoms with Gasteiger partial charge in [0.05, 0.1) is 13.2 Å². The van der Waals surface area contributed by atoms with Gasteiger partial charge in [-0.25, -0.2) is 0 Å². The van der Waals surface area contributed by atoms with Gasteiger partial charge in [0.1, 0.15) is 12.2 Å². The number of ether oxygens (including phenoxy) is 2. The predicted molar refractivity (Wildman–Crippen MR) is 112 cm³/mol. The standard InChI is InChI=1S/C23H42O5/c1-2-3-4-5-6-7-8-9-10-11-12-13-14-15-16-17-22(25)28-21-19-27-20(18-24)23(21)26/h9-10,20-21,23-24,26H,2-8,11-19H2,1H3/b10-9-/t20-,21+,23+/m1/s1. The van der Waals surface area contributed by atoms with Crippen LogP contribution in [0.2, 0.25) is 0 Å². The number of allylic oxidation sites excluding steroid dienone is 2. The van der Waals surface area contributed by atoms with Crippen molar-refractivity contribution in [2.45, 2.75) is 115 Å². The first-order valence-corrected chi connectivity index (χ1v) is 11.4. The van der Waals surface area contributed by atoms with Crippen LogP contribution in [0.4, 0.5) is 0 Å². The molecule has 0 spiro atoms. The Labute approximate surface area is 171 Å². The maximum absolute atomic E-state index is 11.8. The van der Waals surface area contributed by atoms with Crippen LogP contribution in [0.5, 0.6) is 0 Å². The summed E-state index contributed by atoms with van der Waals surface area (Å²) in [4.78, 5) is 11.8. The number of esters is 1. The van der Waals surface area contributed by atoms with Crippen LogP contribution in [-0.2, 0) is 14.3 Å². The first-order chi connectivity index (χ1) is 13.7. The van der Waals surface area contributed by atoms with E-state index in [-0.39, 0.29) is 19.2 Å². The van der Waals surface area contributed by atoms with Gasteiger partial charge in [-0.2, -0.15) is 0 Å². The minimum absolute atomic E-state index is 0.157. The van der Waals surface area contributed by atoms with E-state index >= 15 is 0 Å². The lowest BCUT2D eigenvalue weighted by Gasteiger charge is -2.16. The van der Waals surface area contributed by atoms with Crippen molar-refractivity contribution in [2.75, 3.05) is 13.2 Å². The molecule has 2 N–H and O–H groups in total. The van der Waals surface area contributed by atoms with Crippen LogP contribution in [0.15, 0.2) is 12.2 Å². The predicted octanol–water partition coefficient (Wildman–Crippen LogP) is 4.69. The van der Waals surface area contributed by atoms with E-state index < -0.39 is 18.3 Å². The molecule has 1 aliphatic rings. The van der Waals surface area contributed by atoms with Crippen molar-refractivity contribution >= 4 is 5.97 Å². The number of hydrogen-bond donors (Lipinski definition) is 2. The van der Waals surface area contributed by atoms with E-state index in [1.165, 1.54) is 57.8 Å². The number of aliphatic hydroxyl groups excluding tert-OH is 2. The zero-order chi connectivity index (χ0) is 20.5. The number of carbonyl (C=O) groups is 1. The van der Waals surface area contributed by atoms with E-state index in [9.17, 15) is 9.90 Å². The van der Waals surface area contributed by atoms with Crippen molar-refractivity contribution in [2.24, 2.45) is 0 Å². The molecule has 28 heavy (non-hydrogen) atoms. The third-order valence-corrected chi connectivity index (χ3v) is 5.34. The Morgan fingerprint density at radius 1 is 0.964 bits per heavy atom. The summed E-state index contributed by atoms with van der Waals surface area (Å²) in [6.45, 7) is 2.15. The minimum atomic E-state index is -0.928. The van der Waals surface area contributed by atoms with Gasteiger partial charge < -0.3 is 19.7 Å². The fourth-order valence-electron chi connectivity index (χ4n) is 3.49. The highest BCUT2D eigenvalue weighted by molar-refractivity contribution is 5.69. The van der Waals surface area contributed by atoms with Gasteiger partial charge in [-0.15, -0.1) is 0 Å². The van der Waals surface area contributed by atoms with Crippen molar-refractivity contribution in [1.82, 2.24) is 0 Å². The molecular formula is C23H42O5. The summed E-state index contributed by atoms with van der Waals surface area (Å²) in [6.07, 6.45) is 18.7. The van der Waals surface area contributed by atoms with Crippen LogP contribution in [0, 0.1) is 0 Å². The summed E-state index contributed by atoms with van der Waals surface area (Å²) < 4.78 is 10.4. The van der Waals surface area contributed by atoms with Crippen molar-refractivity contribution in [3.63, 3.8) is 0 Å². The third kappa shape index (κ3) is 11.8. The Bertz CT molecular complexity index is 410. The van der Waals surface area contributed by atoms with E-state index in [4.69, 9.17) is 14.6 Å². The van der Waals surface area contributed by atoms with Gasteiger partial charge in [0.15, 0.2) is 6.10 Å². The quantitative estimate of drug-likeness (QED) is 0.211. The SMILES string of the molecule is CCCCCCCC/C=C\CCCCCCCC(=O)O[C@H]1CO[C@H](CO)[C@@H]1O. The molecule has 3 atom stereocenters. The number of carbonyl (C=O) groups excluding carboxylic acids is 1. The van der Waals surface area contributed by atoms with Crippen LogP contribution in [0.3, 0.4) is 0 Å². The zero-order valence-electron chi connectivity index (χ0n) is 17.8. The van der Waals surface area contributed by atoms with Crippen molar-refractivity contribution < 1.29 is 24.5 Å². The highest BCUT2D eigenvalue weighted by atomic mass is 16.6. The van der Waals surface area contributed by atoms with Crippen molar-refractivity contribution in [3.05, 3.63) is 12.2 Å². The van der Waals surface area contributed by atoms with Gasteiger partial charge >= 0.3 is 5.97 Å². The lowest BCUT2D eigenvalue weighted by atomic mass is 10.1. The molecule has 1 rings (SSSR count). The van der Waals surface area contributed by atoms with E-state index in [2.05, 4.69) is 19.1 Å². The fourth-order valence-corrected chi connectivity index (χ4v) is 3.49. The largest absolute Gasteiger partial charge is 0.457 e. The van der Waals surface area contributed by atoms with E-state index in [1.54, 1.807) is 0 Å². The summed E-state index contributed by atoms with van der Waals surface area (Å²) in [6, 6.07) is 0. The van der Waals surface area contributed by atoms with Crippen LogP contribution in [0.25, 0.3) is 0 Å². The topological polar surface area (TPSA) is 76.0 Å². The molecule has 1 saturated heterocycles. The average molecular weight is 399 g/mol. The Hall–Kier alpha value is -0.910. The minimum Gasteiger partial charge on any atom is -0.457 e. The second-order valence-electron chi connectivity index (χ2n) is 7.91. The number of hydrogen-bond acceptors (Lipinski definition) is 5. The van der Waals surface area contributed by atoms with Crippen LogP contribution < -0.4 is 0 Å². The summed E-state index contributed by atoms with van der Waals surface area (Å²) in [5.41, 5.74) is 0. The smallest absolute Gasteiger partial charge is 0.306 e. The highest BCUT2D eigenvalue weighted by Crippen LogP contribution is 2.18. The molecule has 0 aromatic rings. The van der Waals surface area contributed by atoms with E-state index in [0.29, 0.717) is 6.42 Å². The third-order valence-electron chi connectivity index (χ3n) is 5.34. The highest BCUT2D eigenvalue weighted by Gasteiger charge is 2.37. The molecule has 1 fully saturated rings. The Morgan fingerprint density at radius 2 is 1.54 bits per heavy atom. The van der Waals surface area contributed by atoms with Gasteiger partial charge in [0.25, 0.3) is 0 Å². The molecule has 0 aromatic carbocycles. The molecule has 5 nitrogen and oxygen atoms in total. The molecule has 0 aliphatic carbocycles. The Balaban J connectivity index is 1.86. The lowest BCUT2D eigenvalue weighted by molar-refractivity contribution is -0.153. The maximum Gasteiger partial charge on any atom is 0.306 e.